The second-order valence-electron chi connectivity index (χ2n) is 6.90. The topological polar surface area (TPSA) is 120 Å². The molecule has 0 amide bonds. The van der Waals surface area contributed by atoms with E-state index in [0.29, 0.717) is 0 Å². The molecule has 0 atom stereocenters. The summed E-state index contributed by atoms with van der Waals surface area (Å²) in [7, 11) is 0. The molecule has 0 heterocycles. The first-order chi connectivity index (χ1) is 11.4. The fraction of sp³-hybridized carbons (Fsp3) is 0.833. The van der Waals surface area contributed by atoms with Crippen LogP contribution in [-0.4, -0.2) is 43.8 Å². The second kappa shape index (κ2) is 13.5. The fourth-order valence-electron chi connectivity index (χ4n) is 3.48. The average Bonchev–Trinajstić information content (AvgIpc) is 3.29. The summed E-state index contributed by atoms with van der Waals surface area (Å²) in [6.45, 7) is 0. The predicted molar refractivity (Wildman–Crippen MR) is 86.6 cm³/mol. The Labute approximate surface area is 168 Å². The van der Waals surface area contributed by atoms with Gasteiger partial charge in [-0.2, -0.15) is 0 Å². The third-order valence-corrected chi connectivity index (χ3v) is 5.07. The molecule has 3 aliphatic carbocycles. The molecule has 0 spiro atoms. The normalized spacial score (nSPS) is 20.6. The maximum atomic E-state index is 10.1. The van der Waals surface area contributed by atoms with Gasteiger partial charge in [-0.05, 0) is 56.3 Å². The third-order valence-electron chi connectivity index (χ3n) is 5.07. The summed E-state index contributed by atoms with van der Waals surface area (Å²) < 4.78 is 0. The van der Waals surface area contributed by atoms with Gasteiger partial charge in [0.2, 0.25) is 0 Å². The minimum Gasteiger partial charge on any atom is -0.550 e. The first-order valence-electron chi connectivity index (χ1n) is 9.04. The van der Waals surface area contributed by atoms with Crippen molar-refractivity contribution in [2.75, 3.05) is 0 Å². The molecule has 3 rings (SSSR count). The average molecular weight is 454 g/mol. The molecule has 3 fully saturated rings. The Bertz CT molecular complexity index is 346. The van der Waals surface area contributed by atoms with E-state index in [1.165, 1.54) is 0 Å². The molecule has 0 saturated heterocycles. The molecule has 0 aromatic heterocycles. The third kappa shape index (κ3) is 10.1. The Morgan fingerprint density at radius 2 is 0.640 bits per heavy atom. The van der Waals surface area contributed by atoms with Crippen molar-refractivity contribution in [3.63, 3.8) is 0 Å². The zero-order chi connectivity index (χ0) is 17.9. The minimum atomic E-state index is -0.859. The van der Waals surface area contributed by atoms with Gasteiger partial charge in [0.25, 0.3) is 0 Å². The van der Waals surface area contributed by atoms with E-state index in [0.717, 1.165) is 77.0 Å². The monoisotopic (exact) mass is 454 g/mol. The van der Waals surface area contributed by atoms with Crippen LogP contribution >= 0.6 is 0 Å². The van der Waals surface area contributed by atoms with Gasteiger partial charge in [-0.25, -0.2) is 0 Å². The molecule has 0 bridgehead atoms. The van der Waals surface area contributed by atoms with Crippen LogP contribution in [0.15, 0.2) is 0 Å². The van der Waals surface area contributed by atoms with Gasteiger partial charge in [0.05, 0.1) is 0 Å². The molecule has 0 aliphatic heterocycles. The van der Waals surface area contributed by atoms with Crippen LogP contribution in [0.1, 0.15) is 77.0 Å². The Balaban J connectivity index is 0.000000339. The molecular weight excluding hydrogens is 427 g/mol. The summed E-state index contributed by atoms with van der Waals surface area (Å²) in [5, 5.41) is 30.3. The van der Waals surface area contributed by atoms with Crippen LogP contribution in [0.2, 0.25) is 0 Å². The van der Waals surface area contributed by atoms with Gasteiger partial charge >= 0.3 is 25.8 Å². The molecular formula is C18H27InO6. The van der Waals surface area contributed by atoms with E-state index in [4.69, 9.17) is 0 Å². The summed E-state index contributed by atoms with van der Waals surface area (Å²) in [5.41, 5.74) is 0. The number of rotatable bonds is 3. The maximum absolute atomic E-state index is 10.1. The molecule has 25 heavy (non-hydrogen) atoms. The van der Waals surface area contributed by atoms with E-state index < -0.39 is 17.9 Å². The van der Waals surface area contributed by atoms with Crippen molar-refractivity contribution in [3.8, 4) is 0 Å². The number of hydrogen-bond acceptors (Lipinski definition) is 6. The summed E-state index contributed by atoms with van der Waals surface area (Å²) >= 11 is 0. The van der Waals surface area contributed by atoms with Gasteiger partial charge in [-0.15, -0.1) is 0 Å². The first-order valence-corrected chi connectivity index (χ1v) is 9.04. The largest absolute Gasteiger partial charge is 3.00 e. The molecule has 6 nitrogen and oxygen atoms in total. The van der Waals surface area contributed by atoms with E-state index in [1.807, 2.05) is 0 Å². The summed E-state index contributed by atoms with van der Waals surface area (Å²) in [6.07, 6.45) is 11.4. The van der Waals surface area contributed by atoms with Crippen molar-refractivity contribution in [3.05, 3.63) is 0 Å². The van der Waals surface area contributed by atoms with Crippen molar-refractivity contribution in [1.29, 1.82) is 0 Å². The molecule has 0 radical (unpaired) electrons. The van der Waals surface area contributed by atoms with E-state index in [2.05, 4.69) is 0 Å². The molecule has 0 aromatic rings. The number of carbonyl (C=O) groups is 3. The molecule has 0 N–H and O–H groups in total. The summed E-state index contributed by atoms with van der Waals surface area (Å²) in [6, 6.07) is 0. The molecule has 3 aliphatic rings. The standard InChI is InChI=1S/3C6H10O2.In/c3*7-6(8)5-3-1-2-4-5;/h3*5H,1-4H2,(H,7,8);/q;;;+3/p-3. The fourth-order valence-corrected chi connectivity index (χ4v) is 3.48. The number of carboxylic acid groups (broad SMARTS) is 3. The zero-order valence-electron chi connectivity index (χ0n) is 14.7. The van der Waals surface area contributed by atoms with Gasteiger partial charge < -0.3 is 29.7 Å². The van der Waals surface area contributed by atoms with Crippen LogP contribution in [-0.2, 0) is 14.4 Å². The summed E-state index contributed by atoms with van der Waals surface area (Å²) in [5.74, 6) is -2.97. The van der Waals surface area contributed by atoms with E-state index in [-0.39, 0.29) is 43.6 Å². The number of carbonyl (C=O) groups excluding carboxylic acids is 3. The van der Waals surface area contributed by atoms with Crippen molar-refractivity contribution < 1.29 is 29.7 Å². The van der Waals surface area contributed by atoms with E-state index >= 15 is 0 Å². The zero-order valence-corrected chi connectivity index (χ0v) is 18.0. The van der Waals surface area contributed by atoms with Crippen molar-refractivity contribution in [2.24, 2.45) is 17.8 Å². The molecule has 138 valence electrons. The predicted octanol–water partition coefficient (Wildman–Crippen LogP) is -0.601. The first kappa shape index (κ1) is 24.3. The van der Waals surface area contributed by atoms with Crippen molar-refractivity contribution in [2.45, 2.75) is 77.0 Å². The van der Waals surface area contributed by atoms with Crippen LogP contribution in [0.3, 0.4) is 0 Å². The maximum Gasteiger partial charge on any atom is 3.00 e. The van der Waals surface area contributed by atoms with E-state index in [9.17, 15) is 29.7 Å². The van der Waals surface area contributed by atoms with Crippen LogP contribution in [0.5, 0.6) is 0 Å². The quantitative estimate of drug-likeness (QED) is 0.562. The Morgan fingerprint density at radius 1 is 0.480 bits per heavy atom. The van der Waals surface area contributed by atoms with Crippen LogP contribution in [0, 0.1) is 17.8 Å². The smallest absolute Gasteiger partial charge is 0.550 e. The number of carboxylic acids is 3. The van der Waals surface area contributed by atoms with Gasteiger partial charge in [0.15, 0.2) is 0 Å². The Kier molecular flexibility index (Phi) is 13.1. The van der Waals surface area contributed by atoms with Crippen LogP contribution in [0.4, 0.5) is 0 Å². The number of hydrogen-bond donors (Lipinski definition) is 0. The molecule has 0 unspecified atom stereocenters. The van der Waals surface area contributed by atoms with Gasteiger partial charge in [0.1, 0.15) is 0 Å². The summed E-state index contributed by atoms with van der Waals surface area (Å²) in [4.78, 5) is 30.3. The van der Waals surface area contributed by atoms with Crippen molar-refractivity contribution in [1.82, 2.24) is 0 Å². The van der Waals surface area contributed by atoms with Gasteiger partial charge in [-0.3, -0.25) is 0 Å². The SMILES string of the molecule is O=C([O-])C1CCCC1.O=C([O-])C1CCCC1.O=C([O-])C1CCCC1.[In+3]. The van der Waals surface area contributed by atoms with Crippen molar-refractivity contribution >= 4 is 43.8 Å². The Morgan fingerprint density at radius 3 is 0.720 bits per heavy atom. The van der Waals surface area contributed by atoms with Crippen LogP contribution < -0.4 is 15.3 Å². The number of aliphatic carboxylic acids is 3. The Hall–Kier alpha value is -0.720. The molecule has 0 aromatic carbocycles. The molecule has 7 heteroatoms. The van der Waals surface area contributed by atoms with Gasteiger partial charge in [0, 0.05) is 17.9 Å². The molecule has 3 saturated carbocycles. The van der Waals surface area contributed by atoms with Gasteiger partial charge in [-0.1, -0.05) is 38.5 Å². The minimum absolute atomic E-state index is 0. The van der Waals surface area contributed by atoms with Crippen LogP contribution in [0.25, 0.3) is 0 Å². The van der Waals surface area contributed by atoms with E-state index in [1.54, 1.807) is 0 Å². The second-order valence-corrected chi connectivity index (χ2v) is 6.90.